The highest BCUT2D eigenvalue weighted by Gasteiger charge is 2.26. The third-order valence-corrected chi connectivity index (χ3v) is 7.76. The number of para-hydroxylation sites is 1. The molecule has 11 heteroatoms. The molecule has 0 fully saturated rings. The van der Waals surface area contributed by atoms with E-state index in [1.54, 1.807) is 6.33 Å². The number of nitrogens with one attached hydrogen (secondary N) is 5. The van der Waals surface area contributed by atoms with Gasteiger partial charge in [0.05, 0.1) is 50.9 Å². The minimum Gasteiger partial charge on any atom is -0.373 e. The lowest BCUT2D eigenvalue weighted by atomic mass is 10.0. The van der Waals surface area contributed by atoms with Crippen molar-refractivity contribution in [3.8, 4) is 6.07 Å². The molecule has 5 aromatic rings. The molecule has 0 bridgehead atoms. The zero-order chi connectivity index (χ0) is 28.7. The summed E-state index contributed by atoms with van der Waals surface area (Å²) in [5, 5.41) is 20.8. The summed E-state index contributed by atoms with van der Waals surface area (Å²) in [6, 6.07) is 17.7. The molecule has 9 nitrogen and oxygen atoms in total. The van der Waals surface area contributed by atoms with Gasteiger partial charge in [-0.15, -0.1) is 5.53 Å². The number of aromatic amines is 1. The number of benzene rings is 3. The van der Waals surface area contributed by atoms with Crippen LogP contribution in [0.15, 0.2) is 73.0 Å². The largest absolute Gasteiger partial charge is 0.373 e. The maximum Gasteiger partial charge on any atom is 0.103 e. The fourth-order valence-corrected chi connectivity index (χ4v) is 5.31. The number of aryl methyl sites for hydroxylation is 1. The zero-order valence-electron chi connectivity index (χ0n) is 22.6. The van der Waals surface area contributed by atoms with E-state index in [-0.39, 0.29) is 12.1 Å². The molecule has 1 atom stereocenters. The van der Waals surface area contributed by atoms with E-state index in [1.807, 2.05) is 66.7 Å². The Morgan fingerprint density at radius 1 is 1.00 bits per heavy atom. The quantitative estimate of drug-likeness (QED) is 0.138. The van der Waals surface area contributed by atoms with Gasteiger partial charge in [-0.25, -0.2) is 4.98 Å². The summed E-state index contributed by atoms with van der Waals surface area (Å²) in [5.74, 6) is 0. The van der Waals surface area contributed by atoms with E-state index in [1.165, 1.54) is 6.20 Å². The van der Waals surface area contributed by atoms with Gasteiger partial charge in [0, 0.05) is 45.8 Å². The Bertz CT molecular complexity index is 1850. The second kappa shape index (κ2) is 10.8. The van der Waals surface area contributed by atoms with Crippen LogP contribution in [0.25, 0.3) is 21.9 Å². The van der Waals surface area contributed by atoms with E-state index in [0.717, 1.165) is 39.2 Å². The molecule has 1 aliphatic rings. The van der Waals surface area contributed by atoms with Crippen molar-refractivity contribution in [2.75, 3.05) is 10.6 Å². The molecule has 206 valence electrons. The number of H-pyrrole nitrogens is 1. The SMILES string of the molecule is Cc1ccc(Nc2c(C#N)cnc3c(Cl)cc(N[C@H](C4=CN(C(C)C)NN4)c4cccc5[nH]cnc45)cc23)cc1Cl. The summed E-state index contributed by atoms with van der Waals surface area (Å²) in [6.07, 6.45) is 5.26. The van der Waals surface area contributed by atoms with Crippen molar-refractivity contribution in [3.05, 3.63) is 99.7 Å². The molecule has 41 heavy (non-hydrogen) atoms. The lowest BCUT2D eigenvalue weighted by Crippen LogP contribution is -2.41. The van der Waals surface area contributed by atoms with Crippen LogP contribution in [-0.4, -0.2) is 26.0 Å². The predicted molar refractivity (Wildman–Crippen MR) is 165 cm³/mol. The molecule has 6 rings (SSSR count). The van der Waals surface area contributed by atoms with E-state index < -0.39 is 0 Å². The number of fused-ring (bicyclic) bond motifs is 2. The topological polar surface area (TPSA) is 117 Å². The lowest BCUT2D eigenvalue weighted by molar-refractivity contribution is 0.221. The first-order valence-corrected chi connectivity index (χ1v) is 13.8. The summed E-state index contributed by atoms with van der Waals surface area (Å²) >= 11 is 13.2. The Morgan fingerprint density at radius 2 is 1.83 bits per heavy atom. The standard InChI is InChI=1S/C30H27Cl2N9/c1-16(2)41-14-26(39-40-41)30(21-5-4-6-25-29(21)36-15-35-25)38-20-9-22-27(37-19-8-7-17(3)23(31)10-19)18(12-33)13-34-28(22)24(32)11-20/h4-11,13-16,30,38-40H,1-3H3,(H,34,37)(H,35,36)/t30-/m0/s1. The van der Waals surface area contributed by atoms with Crippen molar-refractivity contribution in [3.63, 3.8) is 0 Å². The van der Waals surface area contributed by atoms with E-state index >= 15 is 0 Å². The molecular weight excluding hydrogens is 557 g/mol. The van der Waals surface area contributed by atoms with Crippen molar-refractivity contribution in [2.45, 2.75) is 32.9 Å². The van der Waals surface area contributed by atoms with Gasteiger partial charge in [0.1, 0.15) is 6.07 Å². The van der Waals surface area contributed by atoms with Crippen molar-refractivity contribution < 1.29 is 0 Å². The van der Waals surface area contributed by atoms with Gasteiger partial charge < -0.3 is 21.0 Å². The average molecular weight is 585 g/mol. The molecule has 3 aromatic carbocycles. The van der Waals surface area contributed by atoms with Crippen LogP contribution in [0.1, 0.15) is 36.6 Å². The van der Waals surface area contributed by atoms with E-state index in [0.29, 0.717) is 32.2 Å². The number of rotatable bonds is 7. The van der Waals surface area contributed by atoms with Crippen LogP contribution in [0, 0.1) is 18.3 Å². The molecule has 0 spiro atoms. The fraction of sp³-hybridized carbons (Fsp3) is 0.167. The van der Waals surface area contributed by atoms with Crippen LogP contribution < -0.4 is 21.6 Å². The summed E-state index contributed by atoms with van der Waals surface area (Å²) in [5.41, 5.74) is 14.2. The molecule has 3 heterocycles. The van der Waals surface area contributed by atoms with Crippen LogP contribution in [0.4, 0.5) is 17.1 Å². The second-order valence-corrected chi connectivity index (χ2v) is 11.0. The summed E-state index contributed by atoms with van der Waals surface area (Å²) < 4.78 is 0. The number of imidazole rings is 1. The van der Waals surface area contributed by atoms with Gasteiger partial charge >= 0.3 is 0 Å². The van der Waals surface area contributed by atoms with Crippen LogP contribution in [0.3, 0.4) is 0 Å². The molecule has 2 aromatic heterocycles. The van der Waals surface area contributed by atoms with Crippen LogP contribution >= 0.6 is 23.2 Å². The molecule has 0 aliphatic carbocycles. The monoisotopic (exact) mass is 583 g/mol. The summed E-state index contributed by atoms with van der Waals surface area (Å²) in [7, 11) is 0. The van der Waals surface area contributed by atoms with Gasteiger partial charge in [-0.05, 0) is 56.7 Å². The molecule has 5 N–H and O–H groups in total. The molecule has 0 saturated carbocycles. The van der Waals surface area contributed by atoms with Crippen LogP contribution in [0.2, 0.25) is 10.0 Å². The minimum atomic E-state index is -0.314. The lowest BCUT2D eigenvalue weighted by Gasteiger charge is -2.23. The number of pyridine rings is 1. The zero-order valence-corrected chi connectivity index (χ0v) is 24.1. The Labute approximate surface area is 247 Å². The van der Waals surface area contributed by atoms with E-state index in [2.05, 4.69) is 56.5 Å². The average Bonchev–Trinajstić information content (AvgIpc) is 3.64. The first-order chi connectivity index (χ1) is 19.8. The number of hydrazine groups is 2. The van der Waals surface area contributed by atoms with Crippen molar-refractivity contribution in [1.29, 1.82) is 5.26 Å². The number of hydrogen-bond acceptors (Lipinski definition) is 8. The van der Waals surface area contributed by atoms with E-state index in [9.17, 15) is 5.26 Å². The Hall–Kier alpha value is -4.49. The highest BCUT2D eigenvalue weighted by molar-refractivity contribution is 6.36. The van der Waals surface area contributed by atoms with Crippen molar-refractivity contribution >= 4 is 62.2 Å². The highest BCUT2D eigenvalue weighted by atomic mass is 35.5. The van der Waals surface area contributed by atoms with Gasteiger partial charge in [0.25, 0.3) is 0 Å². The van der Waals surface area contributed by atoms with Crippen LogP contribution in [0.5, 0.6) is 0 Å². The first kappa shape index (κ1) is 26.7. The number of nitrogens with zero attached hydrogens (tertiary/aromatic N) is 4. The minimum absolute atomic E-state index is 0.233. The molecule has 0 amide bonds. The predicted octanol–water partition coefficient (Wildman–Crippen LogP) is 7.07. The maximum atomic E-state index is 9.94. The number of aromatic nitrogens is 3. The normalized spacial score (nSPS) is 13.8. The Morgan fingerprint density at radius 3 is 2.59 bits per heavy atom. The fourth-order valence-electron chi connectivity index (χ4n) is 4.86. The third kappa shape index (κ3) is 5.09. The van der Waals surface area contributed by atoms with Gasteiger partial charge in [-0.2, -0.15) is 5.26 Å². The van der Waals surface area contributed by atoms with Gasteiger partial charge in [-0.1, -0.05) is 41.4 Å². The number of anilines is 3. The number of hydrogen-bond donors (Lipinski definition) is 5. The molecule has 0 saturated heterocycles. The first-order valence-electron chi connectivity index (χ1n) is 13.1. The highest BCUT2D eigenvalue weighted by Crippen LogP contribution is 2.38. The van der Waals surface area contributed by atoms with Crippen molar-refractivity contribution in [2.24, 2.45) is 0 Å². The molecule has 1 aliphatic heterocycles. The third-order valence-electron chi connectivity index (χ3n) is 7.06. The number of nitriles is 1. The van der Waals surface area contributed by atoms with E-state index in [4.69, 9.17) is 23.2 Å². The molecular formula is C30H27Cl2N9. The molecule has 0 radical (unpaired) electrons. The van der Waals surface area contributed by atoms with Gasteiger partial charge in [0.2, 0.25) is 0 Å². The van der Waals surface area contributed by atoms with Gasteiger partial charge in [-0.3, -0.25) is 9.99 Å². The summed E-state index contributed by atoms with van der Waals surface area (Å²) in [4.78, 5) is 12.3. The second-order valence-electron chi connectivity index (χ2n) is 10.1. The maximum absolute atomic E-state index is 9.94. The smallest absolute Gasteiger partial charge is 0.103 e. The van der Waals surface area contributed by atoms with Crippen LogP contribution in [-0.2, 0) is 0 Å². The summed E-state index contributed by atoms with van der Waals surface area (Å²) in [6.45, 7) is 6.14. The Balaban J connectivity index is 1.47. The molecule has 0 unspecified atom stereocenters. The van der Waals surface area contributed by atoms with Gasteiger partial charge in [0.15, 0.2) is 0 Å². The Kier molecular flexibility index (Phi) is 7.05. The van der Waals surface area contributed by atoms with Crippen molar-refractivity contribution in [1.82, 2.24) is 30.9 Å². The number of halogens is 2.